The van der Waals surface area contributed by atoms with E-state index in [1.807, 2.05) is 0 Å². The molecule has 4 rings (SSSR count). The van der Waals surface area contributed by atoms with Crippen LogP contribution in [0, 0.1) is 0 Å². The zero-order chi connectivity index (χ0) is 24.1. The first-order valence-electron chi connectivity index (χ1n) is 11.5. The van der Waals surface area contributed by atoms with Gasteiger partial charge < -0.3 is 20.3 Å². The van der Waals surface area contributed by atoms with E-state index in [-0.39, 0.29) is 30.8 Å². The molecule has 2 aromatic carbocycles. The Balaban J connectivity index is 1.43. The number of fused-ring (bicyclic) bond motifs is 1. The number of hydrogen-bond acceptors (Lipinski definition) is 5. The Morgan fingerprint density at radius 2 is 1.76 bits per heavy atom. The van der Waals surface area contributed by atoms with E-state index >= 15 is 0 Å². The van der Waals surface area contributed by atoms with Crippen molar-refractivity contribution in [1.29, 1.82) is 0 Å². The Morgan fingerprint density at radius 1 is 1.03 bits per heavy atom. The average Bonchev–Trinajstić information content (AvgIpc) is 2.86. The van der Waals surface area contributed by atoms with Crippen molar-refractivity contribution in [2.75, 3.05) is 36.4 Å². The number of ether oxygens (including phenoxy) is 1. The molecule has 1 unspecified atom stereocenters. The molecule has 2 N–H and O–H groups in total. The van der Waals surface area contributed by atoms with E-state index in [0.717, 1.165) is 19.3 Å². The maximum atomic E-state index is 12.8. The van der Waals surface area contributed by atoms with Crippen LogP contribution in [0.15, 0.2) is 48.5 Å². The Bertz CT molecular complexity index is 1080. The van der Waals surface area contributed by atoms with Gasteiger partial charge in [0.2, 0.25) is 11.8 Å². The molecule has 9 nitrogen and oxygen atoms in total. The van der Waals surface area contributed by atoms with E-state index in [1.165, 1.54) is 4.90 Å². The Morgan fingerprint density at radius 3 is 2.50 bits per heavy atom. The van der Waals surface area contributed by atoms with Crippen molar-refractivity contribution in [3.8, 4) is 5.75 Å². The van der Waals surface area contributed by atoms with Gasteiger partial charge in [0.25, 0.3) is 11.8 Å². The van der Waals surface area contributed by atoms with Gasteiger partial charge >= 0.3 is 0 Å². The zero-order valence-corrected chi connectivity index (χ0v) is 19.1. The molecule has 2 aliphatic rings. The summed E-state index contributed by atoms with van der Waals surface area (Å²) in [6, 6.07) is 13.5. The smallest absolute Gasteiger partial charge is 0.268 e. The number of hydrogen-bond donors (Lipinski definition) is 2. The molecule has 0 bridgehead atoms. The lowest BCUT2D eigenvalue weighted by molar-refractivity contribution is -0.133. The van der Waals surface area contributed by atoms with E-state index in [9.17, 15) is 19.2 Å². The summed E-state index contributed by atoms with van der Waals surface area (Å²) < 4.78 is 5.70. The average molecular weight is 465 g/mol. The van der Waals surface area contributed by atoms with Crippen LogP contribution in [0.25, 0.3) is 0 Å². The fourth-order valence-corrected chi connectivity index (χ4v) is 4.08. The monoisotopic (exact) mass is 464 g/mol. The number of nitrogens with zero attached hydrogens (tertiary/aromatic N) is 2. The molecule has 34 heavy (non-hydrogen) atoms. The molecule has 1 saturated heterocycles. The number of amides is 4. The maximum absolute atomic E-state index is 12.8. The molecule has 2 aliphatic heterocycles. The highest BCUT2D eigenvalue weighted by Gasteiger charge is 2.34. The third kappa shape index (κ3) is 5.36. The van der Waals surface area contributed by atoms with Gasteiger partial charge in [-0.15, -0.1) is 0 Å². The highest BCUT2D eigenvalue weighted by atomic mass is 16.5. The fraction of sp³-hybridized carbons (Fsp3) is 0.360. The third-order valence-electron chi connectivity index (χ3n) is 5.90. The van der Waals surface area contributed by atoms with Crippen LogP contribution in [0.5, 0.6) is 5.75 Å². The van der Waals surface area contributed by atoms with Crippen molar-refractivity contribution in [3.05, 3.63) is 54.1 Å². The highest BCUT2D eigenvalue weighted by molar-refractivity contribution is 6.05. The van der Waals surface area contributed by atoms with Crippen LogP contribution in [-0.2, 0) is 14.4 Å². The second-order valence-electron chi connectivity index (χ2n) is 8.41. The molecular weight excluding hydrogens is 436 g/mol. The summed E-state index contributed by atoms with van der Waals surface area (Å²) in [5.41, 5.74) is 1.32. The lowest BCUT2D eigenvalue weighted by atomic mass is 10.1. The third-order valence-corrected chi connectivity index (χ3v) is 5.90. The lowest BCUT2D eigenvalue weighted by Gasteiger charge is -2.35. The van der Waals surface area contributed by atoms with E-state index in [4.69, 9.17) is 4.74 Å². The van der Waals surface area contributed by atoms with Crippen molar-refractivity contribution < 1.29 is 23.9 Å². The molecule has 2 heterocycles. The van der Waals surface area contributed by atoms with Gasteiger partial charge in [0.1, 0.15) is 12.3 Å². The molecule has 1 fully saturated rings. The number of anilines is 2. The number of carbonyl (C=O) groups is 4. The van der Waals surface area contributed by atoms with Crippen molar-refractivity contribution in [2.24, 2.45) is 0 Å². The van der Waals surface area contributed by atoms with E-state index in [2.05, 4.69) is 10.6 Å². The van der Waals surface area contributed by atoms with E-state index in [0.29, 0.717) is 35.8 Å². The van der Waals surface area contributed by atoms with Crippen LogP contribution in [0.3, 0.4) is 0 Å². The summed E-state index contributed by atoms with van der Waals surface area (Å²) in [6.45, 7) is 2.75. The predicted octanol–water partition coefficient (Wildman–Crippen LogP) is 2.18. The number of likely N-dealkylation sites (tertiary alicyclic amines) is 1. The molecule has 0 aromatic heterocycles. The Kier molecular flexibility index (Phi) is 7.10. The normalized spacial score (nSPS) is 17.4. The molecule has 0 aliphatic carbocycles. The number of piperidine rings is 1. The van der Waals surface area contributed by atoms with Crippen LogP contribution >= 0.6 is 0 Å². The van der Waals surface area contributed by atoms with Crippen LogP contribution in [0.2, 0.25) is 0 Å². The molecule has 178 valence electrons. The van der Waals surface area contributed by atoms with Gasteiger partial charge in [-0.2, -0.15) is 0 Å². The van der Waals surface area contributed by atoms with Gasteiger partial charge in [0.05, 0.1) is 12.2 Å². The molecule has 2 aromatic rings. The number of benzene rings is 2. The largest absolute Gasteiger partial charge is 0.479 e. The minimum absolute atomic E-state index is 0.0793. The Labute approximate surface area is 198 Å². The topological polar surface area (TPSA) is 108 Å². The minimum atomic E-state index is -0.713. The summed E-state index contributed by atoms with van der Waals surface area (Å²) in [5.74, 6) is -0.718. The van der Waals surface area contributed by atoms with Gasteiger partial charge in [0, 0.05) is 24.3 Å². The van der Waals surface area contributed by atoms with Crippen molar-refractivity contribution in [1.82, 2.24) is 10.2 Å². The molecule has 9 heteroatoms. The second-order valence-corrected chi connectivity index (χ2v) is 8.41. The van der Waals surface area contributed by atoms with E-state index < -0.39 is 12.0 Å². The van der Waals surface area contributed by atoms with Gasteiger partial charge in [-0.3, -0.25) is 24.1 Å². The Hall–Kier alpha value is -3.88. The first-order chi connectivity index (χ1) is 16.4. The first-order valence-corrected chi connectivity index (χ1v) is 11.5. The van der Waals surface area contributed by atoms with Crippen LogP contribution in [0.1, 0.15) is 36.5 Å². The standard InChI is InChI=1S/C25H28N4O5/c1-17-25(33)29(16-23(31)28-12-6-3-7-13-28)20-14-19(10-11-21(20)34-17)27-22(30)15-26-24(32)18-8-4-2-5-9-18/h2,4-5,8-11,14,17H,3,6-7,12-13,15-16H2,1H3,(H,26,32)(H,27,30). The lowest BCUT2D eigenvalue weighted by Crippen LogP contribution is -2.50. The zero-order valence-electron chi connectivity index (χ0n) is 19.1. The van der Waals surface area contributed by atoms with Crippen LogP contribution < -0.4 is 20.3 Å². The number of rotatable bonds is 6. The quantitative estimate of drug-likeness (QED) is 0.681. The van der Waals surface area contributed by atoms with Gasteiger partial charge in [0.15, 0.2) is 6.10 Å². The summed E-state index contributed by atoms with van der Waals surface area (Å²) in [4.78, 5) is 53.4. The van der Waals surface area contributed by atoms with Crippen molar-refractivity contribution >= 4 is 35.0 Å². The minimum Gasteiger partial charge on any atom is -0.479 e. The van der Waals surface area contributed by atoms with Gasteiger partial charge in [-0.05, 0) is 56.5 Å². The summed E-state index contributed by atoms with van der Waals surface area (Å²) >= 11 is 0. The van der Waals surface area contributed by atoms with Crippen molar-refractivity contribution in [3.63, 3.8) is 0 Å². The molecule has 1 atom stereocenters. The van der Waals surface area contributed by atoms with Crippen molar-refractivity contribution in [2.45, 2.75) is 32.3 Å². The molecule has 0 saturated carbocycles. The summed E-state index contributed by atoms with van der Waals surface area (Å²) in [6.07, 6.45) is 2.32. The summed E-state index contributed by atoms with van der Waals surface area (Å²) in [7, 11) is 0. The van der Waals surface area contributed by atoms with E-state index in [1.54, 1.807) is 60.4 Å². The van der Waals surface area contributed by atoms with Crippen LogP contribution in [-0.4, -0.2) is 60.8 Å². The molecule has 4 amide bonds. The van der Waals surface area contributed by atoms with Gasteiger partial charge in [-0.25, -0.2) is 0 Å². The second kappa shape index (κ2) is 10.4. The maximum Gasteiger partial charge on any atom is 0.268 e. The SMILES string of the molecule is CC1Oc2ccc(NC(=O)CNC(=O)c3ccccc3)cc2N(CC(=O)N2CCCCC2)C1=O. The number of carbonyl (C=O) groups excluding carboxylic acids is 4. The fourth-order valence-electron chi connectivity index (χ4n) is 4.08. The molecular formula is C25H28N4O5. The summed E-state index contributed by atoms with van der Waals surface area (Å²) in [5, 5.41) is 5.29. The van der Waals surface area contributed by atoms with Gasteiger partial charge in [-0.1, -0.05) is 18.2 Å². The number of nitrogens with one attached hydrogen (secondary N) is 2. The van der Waals surface area contributed by atoms with Crippen LogP contribution in [0.4, 0.5) is 11.4 Å². The predicted molar refractivity (Wildman–Crippen MR) is 127 cm³/mol. The highest BCUT2D eigenvalue weighted by Crippen LogP contribution is 2.36. The first kappa shape index (κ1) is 23.3. The molecule has 0 spiro atoms. The molecule has 0 radical (unpaired) electrons.